The monoisotopic (exact) mass is 267 g/mol. The number of aliphatic carboxylic acids is 1. The van der Waals surface area contributed by atoms with E-state index in [0.717, 1.165) is 25.7 Å². The molecule has 98 valence electrons. The van der Waals surface area contributed by atoms with Crippen molar-refractivity contribution in [1.29, 1.82) is 0 Å². The van der Waals surface area contributed by atoms with Gasteiger partial charge >= 0.3 is 5.97 Å². The summed E-state index contributed by atoms with van der Waals surface area (Å²) in [5.41, 5.74) is 0. The topological polar surface area (TPSA) is 57.6 Å². The third kappa shape index (κ3) is 3.10. The van der Waals surface area contributed by atoms with Gasteiger partial charge in [-0.3, -0.25) is 9.59 Å². The van der Waals surface area contributed by atoms with Crippen LogP contribution in [0.1, 0.15) is 41.8 Å². The normalized spacial score (nSPS) is 16.4. The molecule has 0 bridgehead atoms. The van der Waals surface area contributed by atoms with E-state index >= 15 is 0 Å². The first-order valence-corrected chi connectivity index (χ1v) is 7.12. The molecule has 0 aromatic carbocycles. The predicted octanol–water partition coefficient (Wildman–Crippen LogP) is 2.61. The van der Waals surface area contributed by atoms with Crippen LogP contribution in [0.3, 0.4) is 0 Å². The Morgan fingerprint density at radius 1 is 1.33 bits per heavy atom. The fourth-order valence-corrected chi connectivity index (χ4v) is 3.13. The average molecular weight is 267 g/mol. The van der Waals surface area contributed by atoms with Crippen LogP contribution in [-0.4, -0.2) is 34.5 Å². The number of carboxylic acids is 1. The molecule has 0 radical (unpaired) electrons. The first-order chi connectivity index (χ1) is 8.68. The van der Waals surface area contributed by atoms with Crippen molar-refractivity contribution in [3.8, 4) is 0 Å². The van der Waals surface area contributed by atoms with Gasteiger partial charge in [0, 0.05) is 6.04 Å². The quantitative estimate of drug-likeness (QED) is 0.912. The number of hydrogen-bond donors (Lipinski definition) is 1. The van der Waals surface area contributed by atoms with Gasteiger partial charge in [-0.25, -0.2) is 0 Å². The summed E-state index contributed by atoms with van der Waals surface area (Å²) in [5, 5.41) is 10.8. The number of nitrogens with zero attached hydrogens (tertiary/aromatic N) is 1. The van der Waals surface area contributed by atoms with Crippen molar-refractivity contribution in [2.75, 3.05) is 6.54 Å². The number of carboxylic acid groups (broad SMARTS) is 1. The van der Waals surface area contributed by atoms with E-state index in [2.05, 4.69) is 0 Å². The molecule has 0 unspecified atom stereocenters. The third-order valence-electron chi connectivity index (χ3n) is 3.31. The van der Waals surface area contributed by atoms with Crippen molar-refractivity contribution in [2.45, 2.75) is 38.1 Å². The predicted molar refractivity (Wildman–Crippen MR) is 69.9 cm³/mol. The van der Waals surface area contributed by atoms with Crippen molar-refractivity contribution in [3.63, 3.8) is 0 Å². The Kier molecular flexibility index (Phi) is 4.36. The summed E-state index contributed by atoms with van der Waals surface area (Å²) in [6.07, 6.45) is 5.19. The van der Waals surface area contributed by atoms with Crippen LogP contribution < -0.4 is 0 Å². The molecule has 1 aromatic heterocycles. The molecule has 1 saturated carbocycles. The molecule has 0 aliphatic heterocycles. The molecule has 1 aliphatic carbocycles. The molecule has 0 atom stereocenters. The molecule has 1 aliphatic rings. The highest BCUT2D eigenvalue weighted by Crippen LogP contribution is 2.24. The van der Waals surface area contributed by atoms with Crippen molar-refractivity contribution >= 4 is 23.2 Å². The van der Waals surface area contributed by atoms with Gasteiger partial charge in [-0.05, 0) is 24.3 Å². The number of rotatable bonds is 4. The van der Waals surface area contributed by atoms with Crippen molar-refractivity contribution in [2.24, 2.45) is 0 Å². The Labute approximate surface area is 110 Å². The Balaban J connectivity index is 2.13. The number of amides is 1. The number of thiophene rings is 1. The van der Waals surface area contributed by atoms with Gasteiger partial charge in [0.05, 0.1) is 4.88 Å². The summed E-state index contributed by atoms with van der Waals surface area (Å²) in [6, 6.07) is 3.66. The van der Waals surface area contributed by atoms with Crippen LogP contribution in [0.25, 0.3) is 0 Å². The smallest absolute Gasteiger partial charge is 0.323 e. The summed E-state index contributed by atoms with van der Waals surface area (Å²) < 4.78 is 0. The second-order valence-electron chi connectivity index (χ2n) is 4.60. The van der Waals surface area contributed by atoms with E-state index in [9.17, 15) is 9.59 Å². The van der Waals surface area contributed by atoms with E-state index in [1.807, 2.05) is 11.4 Å². The maximum Gasteiger partial charge on any atom is 0.323 e. The van der Waals surface area contributed by atoms with Crippen LogP contribution in [0.5, 0.6) is 0 Å². The minimum Gasteiger partial charge on any atom is -0.480 e. The molecule has 1 heterocycles. The van der Waals surface area contributed by atoms with Gasteiger partial charge in [0.15, 0.2) is 0 Å². The van der Waals surface area contributed by atoms with Crippen LogP contribution in [0.15, 0.2) is 17.5 Å². The van der Waals surface area contributed by atoms with Gasteiger partial charge < -0.3 is 10.0 Å². The number of carbonyl (C=O) groups excluding carboxylic acids is 1. The number of carbonyl (C=O) groups is 2. The highest BCUT2D eigenvalue weighted by molar-refractivity contribution is 7.12. The lowest BCUT2D eigenvalue weighted by atomic mass is 9.94. The molecule has 1 fully saturated rings. The second-order valence-corrected chi connectivity index (χ2v) is 5.54. The fourth-order valence-electron chi connectivity index (χ4n) is 2.45. The van der Waals surface area contributed by atoms with Gasteiger partial charge in [-0.15, -0.1) is 11.3 Å². The molecule has 18 heavy (non-hydrogen) atoms. The Hall–Kier alpha value is -1.36. The van der Waals surface area contributed by atoms with E-state index in [-0.39, 0.29) is 18.5 Å². The summed E-state index contributed by atoms with van der Waals surface area (Å²) in [7, 11) is 0. The minimum atomic E-state index is -0.939. The van der Waals surface area contributed by atoms with Crippen molar-refractivity contribution in [1.82, 2.24) is 4.90 Å². The first-order valence-electron chi connectivity index (χ1n) is 6.25. The van der Waals surface area contributed by atoms with E-state index in [1.54, 1.807) is 6.07 Å². The zero-order chi connectivity index (χ0) is 13.0. The molecule has 4 nitrogen and oxygen atoms in total. The summed E-state index contributed by atoms with van der Waals surface area (Å²) in [4.78, 5) is 25.4. The van der Waals surface area contributed by atoms with Gasteiger partial charge in [0.25, 0.3) is 5.91 Å². The second kappa shape index (κ2) is 6.00. The van der Waals surface area contributed by atoms with Crippen LogP contribution >= 0.6 is 11.3 Å². The van der Waals surface area contributed by atoms with Gasteiger partial charge in [0.1, 0.15) is 6.54 Å². The number of hydrogen-bond acceptors (Lipinski definition) is 3. The molecule has 1 N–H and O–H groups in total. The Bertz CT molecular complexity index is 410. The summed E-state index contributed by atoms with van der Waals surface area (Å²) in [5.74, 6) is -1.08. The maximum absolute atomic E-state index is 12.3. The molecule has 0 saturated heterocycles. The highest BCUT2D eigenvalue weighted by atomic mass is 32.1. The maximum atomic E-state index is 12.3. The van der Waals surface area contributed by atoms with E-state index in [1.165, 1.54) is 22.7 Å². The van der Waals surface area contributed by atoms with Crippen LogP contribution in [0.4, 0.5) is 0 Å². The lowest BCUT2D eigenvalue weighted by molar-refractivity contribution is -0.138. The van der Waals surface area contributed by atoms with Gasteiger partial charge in [0.2, 0.25) is 0 Å². The first kappa shape index (κ1) is 13.1. The summed E-state index contributed by atoms with van der Waals surface area (Å²) in [6.45, 7) is -0.193. The average Bonchev–Trinajstić information content (AvgIpc) is 2.90. The van der Waals surface area contributed by atoms with Crippen molar-refractivity contribution < 1.29 is 14.7 Å². The van der Waals surface area contributed by atoms with Crippen LogP contribution in [-0.2, 0) is 4.79 Å². The SMILES string of the molecule is O=C(O)CN(C(=O)c1cccs1)C1CCCCC1. The van der Waals surface area contributed by atoms with Crippen LogP contribution in [0, 0.1) is 0 Å². The zero-order valence-corrected chi connectivity index (χ0v) is 11.0. The highest BCUT2D eigenvalue weighted by Gasteiger charge is 2.28. The molecular formula is C13H17NO3S. The molecule has 2 rings (SSSR count). The zero-order valence-electron chi connectivity index (χ0n) is 10.2. The van der Waals surface area contributed by atoms with E-state index < -0.39 is 5.97 Å². The molecule has 0 spiro atoms. The third-order valence-corrected chi connectivity index (χ3v) is 4.17. The largest absolute Gasteiger partial charge is 0.480 e. The standard InChI is InChI=1S/C13H17NO3S/c15-12(16)9-14(10-5-2-1-3-6-10)13(17)11-7-4-8-18-11/h4,7-8,10H,1-3,5-6,9H2,(H,15,16). The van der Waals surface area contributed by atoms with Gasteiger partial charge in [-0.1, -0.05) is 25.3 Å². The fraction of sp³-hybridized carbons (Fsp3) is 0.538. The molecule has 1 amide bonds. The minimum absolute atomic E-state index is 0.0875. The molecule has 5 heteroatoms. The summed E-state index contributed by atoms with van der Waals surface area (Å²) >= 11 is 1.37. The lowest BCUT2D eigenvalue weighted by Crippen LogP contribution is -2.44. The van der Waals surface area contributed by atoms with Crippen molar-refractivity contribution in [3.05, 3.63) is 22.4 Å². The molecule has 1 aromatic rings. The Morgan fingerprint density at radius 2 is 2.06 bits per heavy atom. The molecular weight excluding hydrogens is 250 g/mol. The Morgan fingerprint density at radius 3 is 2.61 bits per heavy atom. The van der Waals surface area contributed by atoms with E-state index in [0.29, 0.717) is 4.88 Å². The lowest BCUT2D eigenvalue weighted by Gasteiger charge is -2.33. The van der Waals surface area contributed by atoms with E-state index in [4.69, 9.17) is 5.11 Å². The van der Waals surface area contributed by atoms with Gasteiger partial charge in [-0.2, -0.15) is 0 Å². The van der Waals surface area contributed by atoms with Crippen LogP contribution in [0.2, 0.25) is 0 Å².